The first kappa shape index (κ1) is 17.4. The standard InChI is InChI=1S/C18H17F2N3OS/c1-23(14-3-5-17-16(9-14)22-10-25-17)18(24)15(21)4-2-11-6-12(19)8-13(20)7-11/h3,5-10,15H,2,4,21H2,1H3/t15-/m0/s1. The molecule has 0 spiro atoms. The number of likely N-dealkylation sites (N-methyl/N-ethyl adjacent to an activating group) is 1. The van der Waals surface area contributed by atoms with E-state index in [2.05, 4.69) is 4.98 Å². The lowest BCUT2D eigenvalue weighted by Gasteiger charge is -2.21. The summed E-state index contributed by atoms with van der Waals surface area (Å²) in [6, 6.07) is 8.14. The van der Waals surface area contributed by atoms with E-state index < -0.39 is 17.7 Å². The number of thiazole rings is 1. The van der Waals surface area contributed by atoms with E-state index in [-0.39, 0.29) is 5.91 Å². The lowest BCUT2D eigenvalue weighted by Crippen LogP contribution is -2.42. The molecule has 3 rings (SSSR count). The van der Waals surface area contributed by atoms with Crippen molar-refractivity contribution in [2.45, 2.75) is 18.9 Å². The third kappa shape index (κ3) is 4.00. The fraction of sp³-hybridized carbons (Fsp3) is 0.222. The quantitative estimate of drug-likeness (QED) is 0.757. The number of rotatable bonds is 5. The monoisotopic (exact) mass is 361 g/mol. The predicted octanol–water partition coefficient (Wildman–Crippen LogP) is 3.50. The van der Waals surface area contributed by atoms with Crippen molar-refractivity contribution in [3.05, 3.63) is 59.1 Å². The average Bonchev–Trinajstić information content (AvgIpc) is 3.05. The molecule has 0 saturated carbocycles. The highest BCUT2D eigenvalue weighted by atomic mass is 32.1. The fourth-order valence-electron chi connectivity index (χ4n) is 2.63. The molecule has 4 nitrogen and oxygen atoms in total. The van der Waals surface area contributed by atoms with E-state index in [1.54, 1.807) is 12.6 Å². The molecule has 0 unspecified atom stereocenters. The van der Waals surface area contributed by atoms with Gasteiger partial charge in [-0.1, -0.05) is 0 Å². The van der Waals surface area contributed by atoms with Crippen molar-refractivity contribution >= 4 is 33.1 Å². The Kier molecular flexibility index (Phi) is 5.06. The highest BCUT2D eigenvalue weighted by Gasteiger charge is 2.20. The van der Waals surface area contributed by atoms with E-state index >= 15 is 0 Å². The Balaban J connectivity index is 1.66. The summed E-state index contributed by atoms with van der Waals surface area (Å²) in [5, 5.41) is 0. The van der Waals surface area contributed by atoms with Crippen LogP contribution >= 0.6 is 11.3 Å². The van der Waals surface area contributed by atoms with Crippen LogP contribution in [0.5, 0.6) is 0 Å². The maximum absolute atomic E-state index is 13.2. The van der Waals surface area contributed by atoms with Gasteiger partial charge in [0.2, 0.25) is 5.91 Å². The zero-order valence-corrected chi connectivity index (χ0v) is 14.4. The number of hydrogen-bond acceptors (Lipinski definition) is 4. The van der Waals surface area contributed by atoms with E-state index in [1.807, 2.05) is 18.2 Å². The average molecular weight is 361 g/mol. The van der Waals surface area contributed by atoms with Crippen LogP contribution in [0.15, 0.2) is 41.9 Å². The van der Waals surface area contributed by atoms with Crippen LogP contribution in [0.4, 0.5) is 14.5 Å². The van der Waals surface area contributed by atoms with E-state index in [1.165, 1.54) is 28.4 Å². The molecule has 0 radical (unpaired) electrons. The minimum atomic E-state index is -0.762. The third-order valence-electron chi connectivity index (χ3n) is 4.02. The SMILES string of the molecule is CN(C(=O)[C@@H](N)CCc1cc(F)cc(F)c1)c1ccc2scnc2c1. The highest BCUT2D eigenvalue weighted by molar-refractivity contribution is 7.16. The number of aryl methyl sites for hydroxylation is 1. The molecule has 0 bridgehead atoms. The first-order valence-electron chi connectivity index (χ1n) is 7.75. The number of halogens is 2. The predicted molar refractivity (Wildman–Crippen MR) is 95.7 cm³/mol. The van der Waals surface area contributed by atoms with Gasteiger partial charge in [-0.25, -0.2) is 13.8 Å². The molecule has 0 saturated heterocycles. The normalized spacial score (nSPS) is 12.3. The summed E-state index contributed by atoms with van der Waals surface area (Å²) >= 11 is 1.53. The molecule has 0 aliphatic carbocycles. The van der Waals surface area contributed by atoms with Gasteiger partial charge in [-0.05, 0) is 48.7 Å². The molecule has 7 heteroatoms. The lowest BCUT2D eigenvalue weighted by molar-refractivity contribution is -0.119. The number of carbonyl (C=O) groups is 1. The summed E-state index contributed by atoms with van der Waals surface area (Å²) in [7, 11) is 1.65. The van der Waals surface area contributed by atoms with Gasteiger partial charge in [-0.2, -0.15) is 0 Å². The van der Waals surface area contributed by atoms with Crippen molar-refractivity contribution in [3.8, 4) is 0 Å². The summed E-state index contributed by atoms with van der Waals surface area (Å²) < 4.78 is 27.5. The Hall–Kier alpha value is -2.38. The maximum Gasteiger partial charge on any atom is 0.243 e. The minimum absolute atomic E-state index is 0.258. The Bertz CT molecular complexity index is 892. The second kappa shape index (κ2) is 7.25. The van der Waals surface area contributed by atoms with Crippen molar-refractivity contribution in [2.24, 2.45) is 5.73 Å². The summed E-state index contributed by atoms with van der Waals surface area (Å²) in [4.78, 5) is 18.2. The molecule has 1 atom stereocenters. The number of nitrogens with two attached hydrogens (primary N) is 1. The highest BCUT2D eigenvalue weighted by Crippen LogP contribution is 2.24. The number of benzene rings is 2. The van der Waals surface area contributed by atoms with Gasteiger partial charge in [-0.3, -0.25) is 4.79 Å². The Labute approximate surface area is 147 Å². The molecule has 0 fully saturated rings. The smallest absolute Gasteiger partial charge is 0.243 e. The molecule has 2 N–H and O–H groups in total. The zero-order chi connectivity index (χ0) is 18.0. The van der Waals surface area contributed by atoms with Crippen LogP contribution in [0.1, 0.15) is 12.0 Å². The van der Waals surface area contributed by atoms with Crippen LogP contribution in [0.2, 0.25) is 0 Å². The second-order valence-corrected chi connectivity index (χ2v) is 6.71. The van der Waals surface area contributed by atoms with E-state index in [0.29, 0.717) is 24.1 Å². The van der Waals surface area contributed by atoms with Gasteiger partial charge < -0.3 is 10.6 Å². The zero-order valence-electron chi connectivity index (χ0n) is 13.6. The number of anilines is 1. The third-order valence-corrected chi connectivity index (χ3v) is 4.83. The van der Waals surface area contributed by atoms with Crippen molar-refractivity contribution < 1.29 is 13.6 Å². The first-order chi connectivity index (χ1) is 11.9. The van der Waals surface area contributed by atoms with Crippen molar-refractivity contribution in [2.75, 3.05) is 11.9 Å². The number of carbonyl (C=O) groups excluding carboxylic acids is 1. The topological polar surface area (TPSA) is 59.2 Å². The molecule has 2 aromatic carbocycles. The minimum Gasteiger partial charge on any atom is -0.320 e. The molecule has 0 aliphatic rings. The van der Waals surface area contributed by atoms with Crippen molar-refractivity contribution in [1.29, 1.82) is 0 Å². The molecular weight excluding hydrogens is 344 g/mol. The second-order valence-electron chi connectivity index (χ2n) is 5.82. The van der Waals surface area contributed by atoms with E-state index in [0.717, 1.165) is 16.3 Å². The van der Waals surface area contributed by atoms with Crippen LogP contribution in [0, 0.1) is 11.6 Å². The van der Waals surface area contributed by atoms with Crippen LogP contribution in [-0.2, 0) is 11.2 Å². The molecular formula is C18H17F2N3OS. The summed E-state index contributed by atoms with van der Waals surface area (Å²) in [6.07, 6.45) is 0.617. The lowest BCUT2D eigenvalue weighted by atomic mass is 10.0. The summed E-state index contributed by atoms with van der Waals surface area (Å²) in [5.74, 6) is -1.53. The summed E-state index contributed by atoms with van der Waals surface area (Å²) in [6.45, 7) is 0. The first-order valence-corrected chi connectivity index (χ1v) is 8.63. The molecule has 1 amide bonds. The largest absolute Gasteiger partial charge is 0.320 e. The molecule has 130 valence electrons. The molecule has 25 heavy (non-hydrogen) atoms. The van der Waals surface area contributed by atoms with Crippen molar-refractivity contribution in [3.63, 3.8) is 0 Å². The van der Waals surface area contributed by atoms with Crippen LogP contribution in [0.25, 0.3) is 10.2 Å². The summed E-state index contributed by atoms with van der Waals surface area (Å²) in [5.41, 5.74) is 9.74. The fourth-order valence-corrected chi connectivity index (χ4v) is 3.29. The van der Waals surface area contributed by atoms with E-state index in [4.69, 9.17) is 5.73 Å². The van der Waals surface area contributed by atoms with Crippen molar-refractivity contribution in [1.82, 2.24) is 4.98 Å². The van der Waals surface area contributed by atoms with Crippen LogP contribution in [0.3, 0.4) is 0 Å². The van der Waals surface area contributed by atoms with Gasteiger partial charge in [-0.15, -0.1) is 11.3 Å². The van der Waals surface area contributed by atoms with Gasteiger partial charge >= 0.3 is 0 Å². The maximum atomic E-state index is 13.2. The number of fused-ring (bicyclic) bond motifs is 1. The van der Waals surface area contributed by atoms with Gasteiger partial charge in [0, 0.05) is 18.8 Å². The molecule has 3 aromatic rings. The Morgan fingerprint density at radius 2 is 1.96 bits per heavy atom. The number of aromatic nitrogens is 1. The number of nitrogens with zero attached hydrogens (tertiary/aromatic N) is 2. The van der Waals surface area contributed by atoms with Gasteiger partial charge in [0.1, 0.15) is 11.6 Å². The Morgan fingerprint density at radius 3 is 2.68 bits per heavy atom. The molecule has 1 heterocycles. The van der Waals surface area contributed by atoms with Gasteiger partial charge in [0.15, 0.2) is 0 Å². The number of hydrogen-bond donors (Lipinski definition) is 1. The molecule has 0 aliphatic heterocycles. The molecule has 1 aromatic heterocycles. The van der Waals surface area contributed by atoms with Crippen LogP contribution < -0.4 is 10.6 Å². The van der Waals surface area contributed by atoms with E-state index in [9.17, 15) is 13.6 Å². The number of amides is 1. The van der Waals surface area contributed by atoms with Gasteiger partial charge in [0.05, 0.1) is 21.8 Å². The Morgan fingerprint density at radius 1 is 1.24 bits per heavy atom. The van der Waals surface area contributed by atoms with Gasteiger partial charge in [0.25, 0.3) is 0 Å². The van der Waals surface area contributed by atoms with Crippen LogP contribution in [-0.4, -0.2) is 24.0 Å².